The van der Waals surface area contributed by atoms with Crippen LogP contribution in [0, 0.1) is 0 Å². The van der Waals surface area contributed by atoms with Crippen LogP contribution in [0.5, 0.6) is 28.7 Å². The van der Waals surface area contributed by atoms with Crippen LogP contribution in [0.4, 0.5) is 0 Å². The molecule has 1 saturated heterocycles. The Hall–Kier alpha value is -3.13. The van der Waals surface area contributed by atoms with E-state index >= 15 is 0 Å². The molecule has 2 aromatic rings. The standard InChI is InChI=1S/C32H42O8/c1-20(33)37-26-18-25(13-11-21-12-14-27(34)30(15-21)38-23-9-5-6-10-23)40-29(19-26)22-16-28(35)32(36)31(17-22)39-24-7-3-2-4-8-24/h12,14-17,23-26,29,34-36H,2-11,13,18-19H2,1H3/t25-,26-,29-/m0/s1. The summed E-state index contributed by atoms with van der Waals surface area (Å²) >= 11 is 0. The first kappa shape index (κ1) is 28.4. The molecule has 0 spiro atoms. The molecule has 2 saturated carbocycles. The van der Waals surface area contributed by atoms with Gasteiger partial charge in [-0.15, -0.1) is 0 Å². The predicted molar refractivity (Wildman–Crippen MR) is 149 cm³/mol. The summed E-state index contributed by atoms with van der Waals surface area (Å²) in [5.41, 5.74) is 1.71. The quantitative estimate of drug-likeness (QED) is 0.234. The molecule has 3 aliphatic rings. The fraction of sp³-hybridized carbons (Fsp3) is 0.594. The average molecular weight is 555 g/mol. The van der Waals surface area contributed by atoms with Gasteiger partial charge in [0.2, 0.25) is 5.75 Å². The molecule has 3 N–H and O–H groups in total. The first-order chi connectivity index (χ1) is 19.3. The van der Waals surface area contributed by atoms with Crippen LogP contribution < -0.4 is 9.47 Å². The molecule has 5 rings (SSSR count). The Morgan fingerprint density at radius 1 is 0.825 bits per heavy atom. The number of esters is 1. The first-order valence-electron chi connectivity index (χ1n) is 14.9. The smallest absolute Gasteiger partial charge is 0.302 e. The monoisotopic (exact) mass is 554 g/mol. The molecule has 8 nitrogen and oxygen atoms in total. The van der Waals surface area contributed by atoms with Crippen molar-refractivity contribution in [3.8, 4) is 28.7 Å². The Morgan fingerprint density at radius 3 is 2.20 bits per heavy atom. The molecule has 3 atom stereocenters. The molecule has 0 amide bonds. The van der Waals surface area contributed by atoms with Crippen molar-refractivity contribution in [3.05, 3.63) is 41.5 Å². The minimum atomic E-state index is -0.440. The maximum Gasteiger partial charge on any atom is 0.302 e. The van der Waals surface area contributed by atoms with E-state index in [1.54, 1.807) is 12.1 Å². The number of phenols is 3. The number of carbonyl (C=O) groups is 1. The average Bonchev–Trinajstić information content (AvgIpc) is 3.45. The largest absolute Gasteiger partial charge is 0.504 e. The molecule has 0 radical (unpaired) electrons. The third-order valence-electron chi connectivity index (χ3n) is 8.36. The van der Waals surface area contributed by atoms with Crippen LogP contribution in [-0.4, -0.2) is 45.7 Å². The zero-order valence-electron chi connectivity index (χ0n) is 23.3. The Kier molecular flexibility index (Phi) is 9.25. The fourth-order valence-electron chi connectivity index (χ4n) is 6.28. The van der Waals surface area contributed by atoms with Crippen LogP contribution in [0.15, 0.2) is 30.3 Å². The van der Waals surface area contributed by atoms with Gasteiger partial charge in [0.15, 0.2) is 23.0 Å². The number of aryl methyl sites for hydroxylation is 1. The highest BCUT2D eigenvalue weighted by atomic mass is 16.6. The van der Waals surface area contributed by atoms with Crippen molar-refractivity contribution in [1.29, 1.82) is 0 Å². The van der Waals surface area contributed by atoms with Crippen molar-refractivity contribution < 1.29 is 39.1 Å². The van der Waals surface area contributed by atoms with Gasteiger partial charge >= 0.3 is 5.97 Å². The van der Waals surface area contributed by atoms with E-state index in [0.29, 0.717) is 37.0 Å². The van der Waals surface area contributed by atoms with E-state index in [1.807, 2.05) is 12.1 Å². The number of hydrogen-bond donors (Lipinski definition) is 3. The van der Waals surface area contributed by atoms with Gasteiger partial charge in [-0.05, 0) is 99.6 Å². The second kappa shape index (κ2) is 13.0. The SMILES string of the molecule is CC(=O)O[C@H]1C[C@H](CCc2ccc(O)c(OC3CCCC3)c2)O[C@H](c2cc(O)c(O)c(OC3CCCCC3)c2)C1. The summed E-state index contributed by atoms with van der Waals surface area (Å²) in [7, 11) is 0. The minimum absolute atomic E-state index is 0.0102. The molecule has 3 fully saturated rings. The normalized spacial score (nSPS) is 24.1. The molecule has 2 aromatic carbocycles. The molecule has 0 bridgehead atoms. The lowest BCUT2D eigenvalue weighted by molar-refractivity contribution is -0.160. The van der Waals surface area contributed by atoms with E-state index in [1.165, 1.54) is 19.4 Å². The van der Waals surface area contributed by atoms with Crippen molar-refractivity contribution >= 4 is 5.97 Å². The van der Waals surface area contributed by atoms with E-state index in [2.05, 4.69) is 0 Å². The Balaban J connectivity index is 1.29. The van der Waals surface area contributed by atoms with Crippen molar-refractivity contribution in [2.45, 2.75) is 121 Å². The summed E-state index contributed by atoms with van der Waals surface area (Å²) in [5, 5.41) is 31.3. The van der Waals surface area contributed by atoms with Crippen LogP contribution >= 0.6 is 0 Å². The summed E-state index contributed by atoms with van der Waals surface area (Å²) < 4.78 is 24.3. The molecule has 1 aliphatic heterocycles. The first-order valence-corrected chi connectivity index (χ1v) is 14.9. The second-order valence-electron chi connectivity index (χ2n) is 11.6. The molecule has 2 aliphatic carbocycles. The summed E-state index contributed by atoms with van der Waals surface area (Å²) in [4.78, 5) is 11.8. The van der Waals surface area contributed by atoms with Crippen molar-refractivity contribution in [2.75, 3.05) is 0 Å². The van der Waals surface area contributed by atoms with Gasteiger partial charge in [0.05, 0.1) is 24.4 Å². The van der Waals surface area contributed by atoms with Gasteiger partial charge in [-0.1, -0.05) is 12.5 Å². The lowest BCUT2D eigenvalue weighted by Crippen LogP contribution is -2.34. The summed E-state index contributed by atoms with van der Waals surface area (Å²) in [6.07, 6.45) is 11.1. The zero-order valence-corrected chi connectivity index (χ0v) is 23.3. The molecule has 8 heteroatoms. The maximum absolute atomic E-state index is 11.8. The number of carbonyl (C=O) groups excluding carboxylic acids is 1. The van der Waals surface area contributed by atoms with Gasteiger partial charge in [-0.3, -0.25) is 4.79 Å². The van der Waals surface area contributed by atoms with E-state index in [0.717, 1.165) is 56.9 Å². The summed E-state index contributed by atoms with van der Waals surface area (Å²) in [5.74, 6) is 0.0767. The van der Waals surface area contributed by atoms with Crippen LogP contribution in [0.25, 0.3) is 0 Å². The Labute approximate surface area is 236 Å². The minimum Gasteiger partial charge on any atom is -0.504 e. The van der Waals surface area contributed by atoms with Gasteiger partial charge < -0.3 is 34.3 Å². The third-order valence-corrected chi connectivity index (χ3v) is 8.36. The van der Waals surface area contributed by atoms with Crippen LogP contribution in [0.2, 0.25) is 0 Å². The van der Waals surface area contributed by atoms with Crippen LogP contribution in [0.1, 0.15) is 101 Å². The summed E-state index contributed by atoms with van der Waals surface area (Å²) in [6.45, 7) is 1.41. The van der Waals surface area contributed by atoms with Crippen molar-refractivity contribution in [3.63, 3.8) is 0 Å². The van der Waals surface area contributed by atoms with Gasteiger partial charge in [0.25, 0.3) is 0 Å². The summed E-state index contributed by atoms with van der Waals surface area (Å²) in [6, 6.07) is 8.73. The Morgan fingerprint density at radius 2 is 1.50 bits per heavy atom. The highest BCUT2D eigenvalue weighted by Crippen LogP contribution is 2.43. The Bertz CT molecular complexity index is 1150. The molecule has 0 aromatic heterocycles. The van der Waals surface area contributed by atoms with Crippen LogP contribution in [0.3, 0.4) is 0 Å². The van der Waals surface area contributed by atoms with Gasteiger partial charge in [-0.2, -0.15) is 0 Å². The zero-order chi connectivity index (χ0) is 28.1. The number of ether oxygens (including phenoxy) is 4. The molecular formula is C32H42O8. The topological polar surface area (TPSA) is 115 Å². The molecule has 0 unspecified atom stereocenters. The highest BCUT2D eigenvalue weighted by Gasteiger charge is 2.33. The third kappa shape index (κ3) is 7.33. The van der Waals surface area contributed by atoms with E-state index in [-0.39, 0.29) is 53.4 Å². The van der Waals surface area contributed by atoms with Gasteiger partial charge in [-0.25, -0.2) is 0 Å². The van der Waals surface area contributed by atoms with Gasteiger partial charge in [0.1, 0.15) is 6.10 Å². The van der Waals surface area contributed by atoms with Crippen LogP contribution in [-0.2, 0) is 20.7 Å². The van der Waals surface area contributed by atoms with E-state index in [9.17, 15) is 20.1 Å². The van der Waals surface area contributed by atoms with Gasteiger partial charge in [0, 0.05) is 19.8 Å². The molecular weight excluding hydrogens is 512 g/mol. The highest BCUT2D eigenvalue weighted by molar-refractivity contribution is 5.66. The number of benzene rings is 2. The maximum atomic E-state index is 11.8. The number of aromatic hydroxyl groups is 3. The van der Waals surface area contributed by atoms with E-state index in [4.69, 9.17) is 18.9 Å². The molecule has 218 valence electrons. The fourth-order valence-corrected chi connectivity index (χ4v) is 6.28. The predicted octanol–water partition coefficient (Wildman–Crippen LogP) is 6.62. The van der Waals surface area contributed by atoms with E-state index < -0.39 is 6.10 Å². The van der Waals surface area contributed by atoms with Crippen molar-refractivity contribution in [1.82, 2.24) is 0 Å². The molecule has 40 heavy (non-hydrogen) atoms. The number of rotatable bonds is 9. The van der Waals surface area contributed by atoms with Crippen molar-refractivity contribution in [2.24, 2.45) is 0 Å². The second-order valence-corrected chi connectivity index (χ2v) is 11.6. The lowest BCUT2D eigenvalue weighted by Gasteiger charge is -2.35. The number of hydrogen-bond acceptors (Lipinski definition) is 8. The molecule has 1 heterocycles. The number of phenolic OH excluding ortho intramolecular Hbond substituents is 3. The lowest BCUT2D eigenvalue weighted by atomic mass is 9.92.